The van der Waals surface area contributed by atoms with Crippen molar-refractivity contribution in [2.75, 3.05) is 6.61 Å². The molecule has 0 amide bonds. The van der Waals surface area contributed by atoms with E-state index in [1.54, 1.807) is 6.07 Å². The third kappa shape index (κ3) is 3.23. The molecule has 2 aromatic rings. The highest BCUT2D eigenvalue weighted by atomic mass is 16.5. The molecule has 0 spiro atoms. The van der Waals surface area contributed by atoms with Crippen molar-refractivity contribution >= 4 is 0 Å². The van der Waals surface area contributed by atoms with Crippen molar-refractivity contribution in [2.45, 2.75) is 32.0 Å². The molecule has 1 aliphatic heterocycles. The summed E-state index contributed by atoms with van der Waals surface area (Å²) in [5.41, 5.74) is 2.79. The molecule has 2 N–H and O–H groups in total. The Labute approximate surface area is 124 Å². The van der Waals surface area contributed by atoms with E-state index in [2.05, 4.69) is 22.4 Å². The number of hydrogen-bond acceptors (Lipinski definition) is 4. The second-order valence-electron chi connectivity index (χ2n) is 5.40. The smallest absolute Gasteiger partial charge is 0.138 e. The summed E-state index contributed by atoms with van der Waals surface area (Å²) in [7, 11) is 0. The Morgan fingerprint density at radius 1 is 1.24 bits per heavy atom. The van der Waals surface area contributed by atoms with Crippen LogP contribution < -0.4 is 5.32 Å². The predicted molar refractivity (Wildman–Crippen MR) is 81.0 cm³/mol. The maximum Gasteiger partial charge on any atom is 0.138 e. The molecular weight excluding hydrogens is 264 g/mol. The van der Waals surface area contributed by atoms with E-state index in [4.69, 9.17) is 4.74 Å². The molecule has 21 heavy (non-hydrogen) atoms. The molecule has 0 radical (unpaired) electrons. The van der Waals surface area contributed by atoms with Gasteiger partial charge in [0.25, 0.3) is 0 Å². The van der Waals surface area contributed by atoms with Crippen molar-refractivity contribution in [2.24, 2.45) is 0 Å². The number of aromatic hydroxyl groups is 1. The maximum absolute atomic E-state index is 9.86. The number of rotatable bonds is 4. The molecule has 110 valence electrons. The molecule has 0 aliphatic carbocycles. The number of ether oxygens (including phenoxy) is 1. The van der Waals surface area contributed by atoms with Crippen LogP contribution >= 0.6 is 0 Å². The van der Waals surface area contributed by atoms with Gasteiger partial charge in [0.2, 0.25) is 0 Å². The van der Waals surface area contributed by atoms with Crippen LogP contribution in [-0.4, -0.2) is 22.7 Å². The Hall–Kier alpha value is -1.91. The number of aryl methyl sites for hydroxylation is 1. The van der Waals surface area contributed by atoms with Crippen LogP contribution in [0.25, 0.3) is 0 Å². The largest absolute Gasteiger partial charge is 0.506 e. The summed E-state index contributed by atoms with van der Waals surface area (Å²) in [4.78, 5) is 4.38. The van der Waals surface area contributed by atoms with Crippen molar-refractivity contribution in [3.63, 3.8) is 0 Å². The van der Waals surface area contributed by atoms with E-state index in [-0.39, 0.29) is 17.9 Å². The van der Waals surface area contributed by atoms with E-state index < -0.39 is 0 Å². The fourth-order valence-electron chi connectivity index (χ4n) is 2.73. The van der Waals surface area contributed by atoms with Gasteiger partial charge in [0.05, 0.1) is 11.8 Å². The van der Waals surface area contributed by atoms with E-state index in [0.717, 1.165) is 18.7 Å². The van der Waals surface area contributed by atoms with E-state index in [1.807, 2.05) is 31.2 Å². The number of nitrogens with zero attached hydrogens (tertiary/aromatic N) is 1. The zero-order chi connectivity index (χ0) is 14.7. The van der Waals surface area contributed by atoms with Gasteiger partial charge >= 0.3 is 0 Å². The van der Waals surface area contributed by atoms with Crippen molar-refractivity contribution in [3.8, 4) is 5.75 Å². The normalized spacial score (nSPS) is 21.6. The summed E-state index contributed by atoms with van der Waals surface area (Å²) in [5.74, 6) is 0.239. The van der Waals surface area contributed by atoms with Crippen molar-refractivity contribution in [1.82, 2.24) is 10.3 Å². The molecule has 0 bridgehead atoms. The lowest BCUT2D eigenvalue weighted by Crippen LogP contribution is -2.31. The minimum atomic E-state index is 0.0677. The highest BCUT2D eigenvalue weighted by molar-refractivity contribution is 5.27. The number of nitrogens with one attached hydrogen (secondary N) is 1. The Kier molecular flexibility index (Phi) is 4.18. The molecule has 3 rings (SSSR count). The summed E-state index contributed by atoms with van der Waals surface area (Å²) in [6, 6.07) is 14.0. The first-order valence-corrected chi connectivity index (χ1v) is 7.29. The van der Waals surface area contributed by atoms with Crippen molar-refractivity contribution in [1.29, 1.82) is 0 Å². The minimum Gasteiger partial charge on any atom is -0.506 e. The van der Waals surface area contributed by atoms with Crippen molar-refractivity contribution in [3.05, 3.63) is 59.4 Å². The molecule has 4 nitrogen and oxygen atoms in total. The van der Waals surface area contributed by atoms with Crippen LogP contribution in [0.3, 0.4) is 0 Å². The average molecular weight is 284 g/mol. The van der Waals surface area contributed by atoms with Crippen LogP contribution in [0.1, 0.15) is 29.5 Å². The first-order valence-electron chi connectivity index (χ1n) is 7.29. The second-order valence-corrected chi connectivity index (χ2v) is 5.40. The first kappa shape index (κ1) is 14.0. The van der Waals surface area contributed by atoms with Crippen LogP contribution in [-0.2, 0) is 11.3 Å². The quantitative estimate of drug-likeness (QED) is 0.906. The zero-order valence-electron chi connectivity index (χ0n) is 12.1. The molecule has 0 saturated carbocycles. The number of pyridine rings is 1. The Balaban J connectivity index is 1.68. The second kappa shape index (κ2) is 6.24. The van der Waals surface area contributed by atoms with Gasteiger partial charge in [-0.15, -0.1) is 0 Å². The molecule has 2 heterocycles. The molecule has 1 aromatic heterocycles. The summed E-state index contributed by atoms with van der Waals surface area (Å²) in [6.07, 6.45) is 1.03. The third-order valence-corrected chi connectivity index (χ3v) is 3.84. The predicted octanol–water partition coefficient (Wildman–Crippen LogP) is 2.72. The molecule has 1 fully saturated rings. The fourth-order valence-corrected chi connectivity index (χ4v) is 2.73. The molecule has 1 aromatic carbocycles. The van der Waals surface area contributed by atoms with Crippen LogP contribution in [0.5, 0.6) is 5.75 Å². The monoisotopic (exact) mass is 284 g/mol. The third-order valence-electron chi connectivity index (χ3n) is 3.84. The fraction of sp³-hybridized carbons (Fsp3) is 0.353. The van der Waals surface area contributed by atoms with Crippen LogP contribution in [0.4, 0.5) is 0 Å². The maximum atomic E-state index is 9.86. The van der Waals surface area contributed by atoms with E-state index in [9.17, 15) is 5.11 Å². The van der Waals surface area contributed by atoms with Gasteiger partial charge in [0.1, 0.15) is 5.75 Å². The Bertz CT molecular complexity index is 601. The molecule has 1 aliphatic rings. The lowest BCUT2D eigenvalue weighted by atomic mass is 10.0. The van der Waals surface area contributed by atoms with Gasteiger partial charge in [-0.2, -0.15) is 0 Å². The van der Waals surface area contributed by atoms with Gasteiger partial charge in [-0.3, -0.25) is 4.98 Å². The zero-order valence-corrected chi connectivity index (χ0v) is 12.1. The Morgan fingerprint density at radius 2 is 2.05 bits per heavy atom. The van der Waals surface area contributed by atoms with E-state index in [1.165, 1.54) is 5.56 Å². The van der Waals surface area contributed by atoms with Crippen LogP contribution in [0.2, 0.25) is 0 Å². The SMILES string of the molecule is Cc1ccc(O)c(CN[C@@H]2CCO[C@@H]2c2ccccc2)n1. The van der Waals surface area contributed by atoms with Gasteiger partial charge < -0.3 is 15.2 Å². The molecule has 4 heteroatoms. The number of hydrogen-bond donors (Lipinski definition) is 2. The van der Waals surface area contributed by atoms with Gasteiger partial charge in [-0.25, -0.2) is 0 Å². The van der Waals surface area contributed by atoms with E-state index >= 15 is 0 Å². The summed E-state index contributed by atoms with van der Waals surface area (Å²) < 4.78 is 5.85. The minimum absolute atomic E-state index is 0.0677. The van der Waals surface area contributed by atoms with E-state index in [0.29, 0.717) is 12.2 Å². The van der Waals surface area contributed by atoms with Gasteiger partial charge in [0.15, 0.2) is 0 Å². The van der Waals surface area contributed by atoms with Gasteiger partial charge in [0, 0.05) is 24.9 Å². The highest BCUT2D eigenvalue weighted by Crippen LogP contribution is 2.29. The highest BCUT2D eigenvalue weighted by Gasteiger charge is 2.29. The Morgan fingerprint density at radius 3 is 2.86 bits per heavy atom. The standard InChI is InChI=1S/C17H20N2O2/c1-12-7-8-16(20)15(19-12)11-18-14-9-10-21-17(14)13-5-3-2-4-6-13/h2-8,14,17-18,20H,9-11H2,1H3/t14-,17-/m1/s1. The first-order chi connectivity index (χ1) is 10.2. The van der Waals surface area contributed by atoms with Crippen LogP contribution in [0.15, 0.2) is 42.5 Å². The summed E-state index contributed by atoms with van der Waals surface area (Å²) in [6.45, 7) is 3.23. The molecule has 1 saturated heterocycles. The van der Waals surface area contributed by atoms with Gasteiger partial charge in [-0.05, 0) is 31.0 Å². The molecule has 0 unspecified atom stereocenters. The molecular formula is C17H20N2O2. The summed E-state index contributed by atoms with van der Waals surface area (Å²) >= 11 is 0. The average Bonchev–Trinajstić information content (AvgIpc) is 2.97. The number of aromatic nitrogens is 1. The van der Waals surface area contributed by atoms with Crippen LogP contribution in [0, 0.1) is 6.92 Å². The number of benzene rings is 1. The lowest BCUT2D eigenvalue weighted by molar-refractivity contribution is 0.0983. The van der Waals surface area contributed by atoms with Crippen molar-refractivity contribution < 1.29 is 9.84 Å². The molecule has 2 atom stereocenters. The van der Waals surface area contributed by atoms with Gasteiger partial charge in [-0.1, -0.05) is 30.3 Å². The topological polar surface area (TPSA) is 54.4 Å². The lowest BCUT2D eigenvalue weighted by Gasteiger charge is -2.20. The summed E-state index contributed by atoms with van der Waals surface area (Å²) in [5, 5.41) is 13.3.